The van der Waals surface area contributed by atoms with Crippen LogP contribution in [0.3, 0.4) is 0 Å². The van der Waals surface area contributed by atoms with Gasteiger partial charge in [-0.1, -0.05) is 325 Å². The number of carbonyl (C=O) groups excluding carboxylic acids is 2. The van der Waals surface area contributed by atoms with E-state index < -0.39 is 12.1 Å². The van der Waals surface area contributed by atoms with Gasteiger partial charge in [-0.05, 0) is 96.3 Å². The second-order valence-electron chi connectivity index (χ2n) is 24.2. The molecule has 6 nitrogen and oxygen atoms in total. The Morgan fingerprint density at radius 1 is 0.350 bits per heavy atom. The summed E-state index contributed by atoms with van der Waals surface area (Å²) in [6, 6.07) is -0.625. The van der Waals surface area contributed by atoms with Crippen LogP contribution >= 0.6 is 0 Å². The summed E-state index contributed by atoms with van der Waals surface area (Å²) in [5.41, 5.74) is 0. The van der Waals surface area contributed by atoms with Gasteiger partial charge in [-0.25, -0.2) is 0 Å². The summed E-state index contributed by atoms with van der Waals surface area (Å²) in [5.74, 6) is -0.0616. The molecule has 0 spiro atoms. The van der Waals surface area contributed by atoms with Crippen LogP contribution in [0.2, 0.25) is 0 Å². The molecule has 2 atom stereocenters. The van der Waals surface area contributed by atoms with Crippen LogP contribution in [0.1, 0.15) is 373 Å². The fourth-order valence-corrected chi connectivity index (χ4v) is 10.8. The molecule has 0 aromatic rings. The second kappa shape index (κ2) is 69.1. The number of esters is 1. The first kappa shape index (κ1) is 77.6. The Balaban J connectivity index is 3.36. The Morgan fingerprint density at radius 3 is 0.975 bits per heavy atom. The molecular formula is C74H137NO5. The van der Waals surface area contributed by atoms with Crippen molar-refractivity contribution in [2.45, 2.75) is 386 Å². The van der Waals surface area contributed by atoms with Crippen molar-refractivity contribution < 1.29 is 24.5 Å². The van der Waals surface area contributed by atoms with E-state index in [1.54, 1.807) is 6.08 Å². The molecule has 0 rings (SSSR count). The average molecular weight is 1120 g/mol. The lowest BCUT2D eigenvalue weighted by atomic mass is 10.0. The van der Waals surface area contributed by atoms with Crippen molar-refractivity contribution in [1.82, 2.24) is 5.32 Å². The highest BCUT2D eigenvalue weighted by Crippen LogP contribution is 2.18. The van der Waals surface area contributed by atoms with Gasteiger partial charge < -0.3 is 20.3 Å². The van der Waals surface area contributed by atoms with Gasteiger partial charge in [0.1, 0.15) is 0 Å². The minimum absolute atomic E-state index is 0.00424. The predicted molar refractivity (Wildman–Crippen MR) is 352 cm³/mol. The topological polar surface area (TPSA) is 95.9 Å². The molecule has 80 heavy (non-hydrogen) atoms. The Labute approximate surface area is 499 Å². The van der Waals surface area contributed by atoms with Crippen LogP contribution in [0.15, 0.2) is 60.8 Å². The van der Waals surface area contributed by atoms with Crippen molar-refractivity contribution in [1.29, 1.82) is 0 Å². The van der Waals surface area contributed by atoms with Gasteiger partial charge in [-0.3, -0.25) is 9.59 Å². The molecule has 0 bridgehead atoms. The molecule has 6 heteroatoms. The van der Waals surface area contributed by atoms with Gasteiger partial charge in [0, 0.05) is 12.8 Å². The van der Waals surface area contributed by atoms with Gasteiger partial charge in [0.05, 0.1) is 25.4 Å². The summed E-state index contributed by atoms with van der Waals surface area (Å²) < 4.78 is 5.49. The highest BCUT2D eigenvalue weighted by molar-refractivity contribution is 5.76. The molecule has 0 heterocycles. The number of carbonyl (C=O) groups is 2. The van der Waals surface area contributed by atoms with Gasteiger partial charge in [-0.2, -0.15) is 0 Å². The Bertz CT molecular complexity index is 1380. The lowest BCUT2D eigenvalue weighted by Crippen LogP contribution is -2.45. The number of unbranched alkanes of at least 4 members (excludes halogenated alkanes) is 47. The molecule has 0 aromatic carbocycles. The van der Waals surface area contributed by atoms with Crippen molar-refractivity contribution in [3.63, 3.8) is 0 Å². The summed E-state index contributed by atoms with van der Waals surface area (Å²) in [6.07, 6.45) is 91.8. The summed E-state index contributed by atoms with van der Waals surface area (Å²) in [4.78, 5) is 24.5. The van der Waals surface area contributed by atoms with Gasteiger partial charge in [0.25, 0.3) is 0 Å². The summed E-state index contributed by atoms with van der Waals surface area (Å²) in [6.45, 7) is 4.87. The summed E-state index contributed by atoms with van der Waals surface area (Å²) in [5, 5.41) is 23.1. The zero-order chi connectivity index (χ0) is 57.8. The van der Waals surface area contributed by atoms with Crippen LogP contribution in [0.25, 0.3) is 0 Å². The predicted octanol–water partition coefficient (Wildman–Crippen LogP) is 23.0. The number of allylic oxidation sites excluding steroid dienone is 9. The molecule has 0 aliphatic carbocycles. The highest BCUT2D eigenvalue weighted by Gasteiger charge is 2.18. The third kappa shape index (κ3) is 64.7. The molecule has 0 fully saturated rings. The van der Waals surface area contributed by atoms with E-state index in [9.17, 15) is 19.8 Å². The maximum Gasteiger partial charge on any atom is 0.305 e. The van der Waals surface area contributed by atoms with Crippen LogP contribution in [0.5, 0.6) is 0 Å². The van der Waals surface area contributed by atoms with Crippen LogP contribution in [-0.4, -0.2) is 47.4 Å². The Morgan fingerprint density at radius 2 is 0.625 bits per heavy atom. The summed E-state index contributed by atoms with van der Waals surface area (Å²) in [7, 11) is 0. The highest BCUT2D eigenvalue weighted by atomic mass is 16.5. The third-order valence-electron chi connectivity index (χ3n) is 16.3. The largest absolute Gasteiger partial charge is 0.466 e. The number of aliphatic hydroxyl groups is 2. The first-order valence-corrected chi connectivity index (χ1v) is 35.6. The first-order chi connectivity index (χ1) is 39.5. The maximum atomic E-state index is 12.4. The Kier molecular flexibility index (Phi) is 66.9. The molecule has 0 aliphatic rings. The van der Waals surface area contributed by atoms with Gasteiger partial charge in [-0.15, -0.1) is 0 Å². The second-order valence-corrected chi connectivity index (χ2v) is 24.2. The van der Waals surface area contributed by atoms with E-state index in [-0.39, 0.29) is 18.5 Å². The van der Waals surface area contributed by atoms with Crippen molar-refractivity contribution in [2.75, 3.05) is 13.2 Å². The Hall–Kier alpha value is -2.44. The molecule has 0 aliphatic heterocycles. The molecule has 0 radical (unpaired) electrons. The average Bonchev–Trinajstić information content (AvgIpc) is 3.46. The SMILES string of the molecule is CCCCC/C=C\C/C=C\CCCCCCCC(=O)OCCCCCCCCCCCCCCC/C=C\C/C=C\CCCCCCCCCCCCCCCCCCCC(=O)NC(CO)C(O)/C=C/CCCCCCCCCCC. The zero-order valence-corrected chi connectivity index (χ0v) is 53.6. The van der Waals surface area contributed by atoms with Crippen LogP contribution in [-0.2, 0) is 14.3 Å². The molecule has 1 amide bonds. The van der Waals surface area contributed by atoms with E-state index in [2.05, 4.69) is 67.8 Å². The third-order valence-corrected chi connectivity index (χ3v) is 16.3. The van der Waals surface area contributed by atoms with Crippen LogP contribution in [0.4, 0.5) is 0 Å². The van der Waals surface area contributed by atoms with Crippen molar-refractivity contribution >= 4 is 11.9 Å². The number of aliphatic hydroxyl groups excluding tert-OH is 2. The normalized spacial score (nSPS) is 12.9. The first-order valence-electron chi connectivity index (χ1n) is 35.6. The van der Waals surface area contributed by atoms with E-state index in [1.165, 1.54) is 289 Å². The molecular weight excluding hydrogens is 983 g/mol. The van der Waals surface area contributed by atoms with E-state index >= 15 is 0 Å². The zero-order valence-electron chi connectivity index (χ0n) is 53.6. The summed E-state index contributed by atoms with van der Waals surface area (Å²) >= 11 is 0. The van der Waals surface area contributed by atoms with Crippen molar-refractivity contribution in [3.05, 3.63) is 60.8 Å². The fraction of sp³-hybridized carbons (Fsp3) is 0.838. The molecule has 0 saturated heterocycles. The van der Waals surface area contributed by atoms with Crippen LogP contribution in [0, 0.1) is 0 Å². The molecule has 2 unspecified atom stereocenters. The number of rotatable bonds is 66. The lowest BCUT2D eigenvalue weighted by molar-refractivity contribution is -0.143. The van der Waals surface area contributed by atoms with Gasteiger partial charge >= 0.3 is 5.97 Å². The van der Waals surface area contributed by atoms with Crippen LogP contribution < -0.4 is 5.32 Å². The minimum atomic E-state index is -0.842. The molecule has 0 aromatic heterocycles. The van der Waals surface area contributed by atoms with Gasteiger partial charge in [0.15, 0.2) is 0 Å². The number of hydrogen-bond donors (Lipinski definition) is 3. The number of nitrogens with one attached hydrogen (secondary N) is 1. The lowest BCUT2D eigenvalue weighted by Gasteiger charge is -2.20. The van der Waals surface area contributed by atoms with Gasteiger partial charge in [0.2, 0.25) is 5.91 Å². The molecule has 0 saturated carbocycles. The number of hydrogen-bond acceptors (Lipinski definition) is 5. The number of ether oxygens (including phenoxy) is 1. The van der Waals surface area contributed by atoms with E-state index in [0.717, 1.165) is 57.8 Å². The minimum Gasteiger partial charge on any atom is -0.466 e. The van der Waals surface area contributed by atoms with E-state index in [1.807, 2.05) is 6.08 Å². The van der Waals surface area contributed by atoms with E-state index in [0.29, 0.717) is 19.4 Å². The number of amides is 1. The smallest absolute Gasteiger partial charge is 0.305 e. The fourth-order valence-electron chi connectivity index (χ4n) is 10.8. The van der Waals surface area contributed by atoms with Crippen molar-refractivity contribution in [2.24, 2.45) is 0 Å². The molecule has 468 valence electrons. The monoisotopic (exact) mass is 1120 g/mol. The maximum absolute atomic E-state index is 12.4. The molecule has 3 N–H and O–H groups in total. The van der Waals surface area contributed by atoms with E-state index in [4.69, 9.17) is 4.74 Å². The standard InChI is InChI=1S/C74H137NO5/c1-3-5-7-9-11-13-15-16-40-44-48-52-56-60-64-68-74(79)80-69-65-61-57-53-49-45-42-39-37-35-33-31-29-27-25-23-21-19-17-18-20-22-24-26-28-30-32-34-36-38-41-43-47-51-55-59-63-67-73(78)75-71(70-76)72(77)66-62-58-54-50-46-14-12-10-8-6-4-2/h11,13,16-17,19,23,25,40,62,66,71-72,76-77H,3-10,12,14-15,18,20-22,24,26-39,41-61,63-65,67-70H2,1-2H3,(H,75,78)/b13-11-,19-17-,25-23-,40-16-,66-62+. The quantitative estimate of drug-likeness (QED) is 0.0320. The van der Waals surface area contributed by atoms with Crippen molar-refractivity contribution in [3.8, 4) is 0 Å².